The molecule has 0 aromatic heterocycles. The van der Waals surface area contributed by atoms with Gasteiger partial charge in [0.25, 0.3) is 0 Å². The quantitative estimate of drug-likeness (QED) is 0.608. The van der Waals surface area contributed by atoms with Crippen LogP contribution in [0.25, 0.3) is 0 Å². The third-order valence-electron chi connectivity index (χ3n) is 2.44. The minimum absolute atomic E-state index is 0.806. The van der Waals surface area contributed by atoms with E-state index in [1.165, 1.54) is 12.2 Å². The predicted octanol–water partition coefficient (Wildman–Crippen LogP) is 2.87. The summed E-state index contributed by atoms with van der Waals surface area (Å²) in [7, 11) is 0. The summed E-state index contributed by atoms with van der Waals surface area (Å²) in [6.45, 7) is 2.24. The van der Waals surface area contributed by atoms with Crippen LogP contribution in [-0.4, -0.2) is 11.0 Å². The highest BCUT2D eigenvalue weighted by Crippen LogP contribution is 2.47. The average molecular weight is 166 g/mol. The van der Waals surface area contributed by atoms with Crippen LogP contribution in [0.1, 0.15) is 13.3 Å². The predicted molar refractivity (Wildman–Crippen MR) is 51.8 cm³/mol. The average Bonchev–Trinajstić information content (AvgIpc) is 2.72. The van der Waals surface area contributed by atoms with Gasteiger partial charge in [0, 0.05) is 5.25 Å². The lowest BCUT2D eigenvalue weighted by atomic mass is 10.2. The molecule has 0 nitrogen and oxygen atoms in total. The fraction of sp³-hybridized carbons (Fsp3) is 0.600. The third-order valence-corrected chi connectivity index (χ3v) is 3.67. The van der Waals surface area contributed by atoms with Gasteiger partial charge in [0.15, 0.2) is 0 Å². The molecule has 1 saturated carbocycles. The molecule has 1 heteroatoms. The Labute approximate surface area is 72.8 Å². The van der Waals surface area contributed by atoms with Crippen LogP contribution in [-0.2, 0) is 0 Å². The number of hydrogen-bond acceptors (Lipinski definition) is 1. The molecule has 0 heterocycles. The summed E-state index contributed by atoms with van der Waals surface area (Å²) >= 11 is 2.09. The first-order valence-electron chi connectivity index (χ1n) is 4.38. The van der Waals surface area contributed by atoms with Crippen LogP contribution in [0.15, 0.2) is 24.3 Å². The highest BCUT2D eigenvalue weighted by atomic mass is 32.2. The summed E-state index contributed by atoms with van der Waals surface area (Å²) < 4.78 is 0. The third kappa shape index (κ3) is 1.53. The van der Waals surface area contributed by atoms with Crippen LogP contribution >= 0.6 is 11.8 Å². The minimum Gasteiger partial charge on any atom is -0.154 e. The fourth-order valence-electron chi connectivity index (χ4n) is 1.73. The standard InChI is InChI=1S/C10H14S/c1-2-11-10-6-4-3-5-8-7-9(8)10/h3-6,8-10H,2,7H2,1H3/t8-,9+,10-/m1/s1. The second-order valence-electron chi connectivity index (χ2n) is 3.25. The van der Waals surface area contributed by atoms with Gasteiger partial charge in [-0.05, 0) is 24.0 Å². The lowest BCUT2D eigenvalue weighted by molar-refractivity contribution is 0.829. The molecule has 11 heavy (non-hydrogen) atoms. The van der Waals surface area contributed by atoms with E-state index in [2.05, 4.69) is 43.0 Å². The summed E-state index contributed by atoms with van der Waals surface area (Å²) in [4.78, 5) is 0. The van der Waals surface area contributed by atoms with E-state index in [1.807, 2.05) is 0 Å². The van der Waals surface area contributed by atoms with E-state index in [4.69, 9.17) is 0 Å². The number of allylic oxidation sites excluding steroid dienone is 3. The van der Waals surface area contributed by atoms with Gasteiger partial charge in [0.1, 0.15) is 0 Å². The second kappa shape index (κ2) is 3.06. The van der Waals surface area contributed by atoms with Gasteiger partial charge in [-0.15, -0.1) is 0 Å². The van der Waals surface area contributed by atoms with E-state index in [1.54, 1.807) is 0 Å². The van der Waals surface area contributed by atoms with Crippen molar-refractivity contribution in [2.24, 2.45) is 11.8 Å². The Morgan fingerprint density at radius 2 is 2.18 bits per heavy atom. The summed E-state index contributed by atoms with van der Waals surface area (Å²) in [5, 5.41) is 0.806. The Kier molecular flexibility index (Phi) is 2.08. The first-order valence-corrected chi connectivity index (χ1v) is 5.43. The van der Waals surface area contributed by atoms with Gasteiger partial charge in [-0.2, -0.15) is 11.8 Å². The first kappa shape index (κ1) is 7.48. The number of fused-ring (bicyclic) bond motifs is 1. The van der Waals surface area contributed by atoms with E-state index < -0.39 is 0 Å². The minimum atomic E-state index is 0.806. The van der Waals surface area contributed by atoms with Gasteiger partial charge in [-0.3, -0.25) is 0 Å². The molecule has 0 amide bonds. The Morgan fingerprint density at radius 1 is 1.36 bits per heavy atom. The topological polar surface area (TPSA) is 0 Å². The number of hydrogen-bond donors (Lipinski definition) is 0. The van der Waals surface area contributed by atoms with Gasteiger partial charge < -0.3 is 0 Å². The molecular weight excluding hydrogens is 152 g/mol. The van der Waals surface area contributed by atoms with Crippen molar-refractivity contribution in [3.05, 3.63) is 24.3 Å². The van der Waals surface area contributed by atoms with Crippen LogP contribution in [0.4, 0.5) is 0 Å². The van der Waals surface area contributed by atoms with E-state index in [0.717, 1.165) is 17.1 Å². The number of thioether (sulfide) groups is 1. The molecule has 0 N–H and O–H groups in total. The molecule has 2 aliphatic carbocycles. The van der Waals surface area contributed by atoms with Crippen LogP contribution in [0.5, 0.6) is 0 Å². The zero-order valence-electron chi connectivity index (χ0n) is 6.86. The smallest absolute Gasteiger partial charge is 0.0264 e. The molecule has 1 fully saturated rings. The molecule has 2 rings (SSSR count). The maximum atomic E-state index is 2.36. The normalized spacial score (nSPS) is 39.9. The molecule has 0 radical (unpaired) electrons. The SMILES string of the molecule is CCS[C@@H]1C=CC=C[C@@H]2C[C@@H]21. The summed E-state index contributed by atoms with van der Waals surface area (Å²) in [6, 6.07) is 0. The van der Waals surface area contributed by atoms with Crippen molar-refractivity contribution in [3.8, 4) is 0 Å². The summed E-state index contributed by atoms with van der Waals surface area (Å²) in [6.07, 6.45) is 10.6. The van der Waals surface area contributed by atoms with Crippen molar-refractivity contribution in [2.75, 3.05) is 5.75 Å². The molecule has 3 atom stereocenters. The van der Waals surface area contributed by atoms with E-state index >= 15 is 0 Å². The highest BCUT2D eigenvalue weighted by molar-refractivity contribution is 8.00. The fourth-order valence-corrected chi connectivity index (χ4v) is 2.88. The van der Waals surface area contributed by atoms with Crippen LogP contribution in [0.2, 0.25) is 0 Å². The van der Waals surface area contributed by atoms with Crippen molar-refractivity contribution in [1.82, 2.24) is 0 Å². The maximum absolute atomic E-state index is 2.36. The molecular formula is C10H14S. The van der Waals surface area contributed by atoms with Crippen molar-refractivity contribution in [3.63, 3.8) is 0 Å². The molecule has 0 aromatic carbocycles. The summed E-state index contributed by atoms with van der Waals surface area (Å²) in [5.41, 5.74) is 0. The van der Waals surface area contributed by atoms with Gasteiger partial charge in [0.2, 0.25) is 0 Å². The Balaban J connectivity index is 2.00. The Morgan fingerprint density at radius 3 is 3.00 bits per heavy atom. The van der Waals surface area contributed by atoms with Crippen molar-refractivity contribution >= 4 is 11.8 Å². The van der Waals surface area contributed by atoms with Crippen molar-refractivity contribution in [1.29, 1.82) is 0 Å². The second-order valence-corrected chi connectivity index (χ2v) is 4.71. The lowest BCUT2D eigenvalue weighted by Crippen LogP contribution is -2.02. The largest absolute Gasteiger partial charge is 0.154 e. The molecule has 0 bridgehead atoms. The Hall–Kier alpha value is -0.170. The highest BCUT2D eigenvalue weighted by Gasteiger charge is 2.40. The van der Waals surface area contributed by atoms with Crippen LogP contribution in [0, 0.1) is 11.8 Å². The van der Waals surface area contributed by atoms with Gasteiger partial charge in [-0.1, -0.05) is 31.2 Å². The zero-order chi connectivity index (χ0) is 7.68. The van der Waals surface area contributed by atoms with Crippen LogP contribution < -0.4 is 0 Å². The molecule has 60 valence electrons. The van der Waals surface area contributed by atoms with Crippen LogP contribution in [0.3, 0.4) is 0 Å². The summed E-state index contributed by atoms with van der Waals surface area (Å²) in [5.74, 6) is 3.13. The first-order chi connectivity index (χ1) is 5.42. The Bertz CT molecular complexity index is 193. The van der Waals surface area contributed by atoms with Crippen molar-refractivity contribution in [2.45, 2.75) is 18.6 Å². The monoisotopic (exact) mass is 166 g/mol. The van der Waals surface area contributed by atoms with E-state index in [9.17, 15) is 0 Å². The molecule has 2 aliphatic rings. The lowest BCUT2D eigenvalue weighted by Gasteiger charge is -2.08. The molecule has 0 spiro atoms. The molecule has 0 aromatic rings. The van der Waals surface area contributed by atoms with Gasteiger partial charge in [-0.25, -0.2) is 0 Å². The van der Waals surface area contributed by atoms with E-state index in [-0.39, 0.29) is 0 Å². The van der Waals surface area contributed by atoms with Gasteiger partial charge in [0.05, 0.1) is 0 Å². The molecule has 0 aliphatic heterocycles. The number of rotatable bonds is 2. The molecule has 0 saturated heterocycles. The van der Waals surface area contributed by atoms with Crippen molar-refractivity contribution < 1.29 is 0 Å². The van der Waals surface area contributed by atoms with Gasteiger partial charge >= 0.3 is 0 Å². The zero-order valence-corrected chi connectivity index (χ0v) is 7.68. The van der Waals surface area contributed by atoms with E-state index in [0.29, 0.717) is 0 Å². The maximum Gasteiger partial charge on any atom is 0.0264 e. The molecule has 0 unspecified atom stereocenters.